The Morgan fingerprint density at radius 2 is 2.22 bits per heavy atom. The molecule has 6 heteroatoms. The number of rotatable bonds is 4. The average Bonchev–Trinajstić information content (AvgIpc) is 3.07. The van der Waals surface area contributed by atoms with E-state index in [2.05, 4.69) is 15.6 Å². The van der Waals surface area contributed by atoms with Gasteiger partial charge in [0.15, 0.2) is 0 Å². The van der Waals surface area contributed by atoms with E-state index in [1.807, 2.05) is 31.2 Å². The highest BCUT2D eigenvalue weighted by Gasteiger charge is 2.23. The Kier molecular flexibility index (Phi) is 4.79. The Morgan fingerprint density at radius 3 is 2.91 bits per heavy atom. The molecule has 5 nitrogen and oxygen atoms in total. The number of anilines is 3. The number of carbonyl (C=O) groups excluding carboxylic acids is 1. The Morgan fingerprint density at radius 1 is 1.35 bits per heavy atom. The van der Waals surface area contributed by atoms with Crippen LogP contribution >= 0.6 is 11.6 Å². The lowest BCUT2D eigenvalue weighted by Gasteiger charge is -2.12. The molecular weight excluding hydrogens is 314 g/mol. The standard InChI is InChI=1S/C17H18ClN3O2/c1-11-4-5-12(18)9-14(11)20-13-6-7-16(19-10-13)21-17(22)15-3-2-8-23-15/h4-7,9-10,15,20H,2-3,8H2,1H3,(H,19,21,22). The predicted octanol–water partition coefficient (Wildman–Crippen LogP) is 3.90. The van der Waals surface area contributed by atoms with Gasteiger partial charge in [-0.15, -0.1) is 0 Å². The van der Waals surface area contributed by atoms with Gasteiger partial charge in [0.25, 0.3) is 5.91 Å². The molecule has 0 radical (unpaired) electrons. The molecule has 0 aliphatic carbocycles. The van der Waals surface area contributed by atoms with Gasteiger partial charge in [0, 0.05) is 17.3 Å². The quantitative estimate of drug-likeness (QED) is 0.891. The lowest BCUT2D eigenvalue weighted by atomic mass is 10.2. The number of amides is 1. The first-order valence-electron chi connectivity index (χ1n) is 7.53. The predicted molar refractivity (Wildman–Crippen MR) is 91.3 cm³/mol. The van der Waals surface area contributed by atoms with Crippen LogP contribution in [0.2, 0.25) is 5.02 Å². The van der Waals surface area contributed by atoms with E-state index in [9.17, 15) is 4.79 Å². The molecule has 1 fully saturated rings. The van der Waals surface area contributed by atoms with Gasteiger partial charge >= 0.3 is 0 Å². The number of ether oxygens (including phenoxy) is 1. The van der Waals surface area contributed by atoms with E-state index in [-0.39, 0.29) is 12.0 Å². The summed E-state index contributed by atoms with van der Waals surface area (Å²) in [7, 11) is 0. The molecule has 3 rings (SSSR count). The molecule has 1 unspecified atom stereocenters. The van der Waals surface area contributed by atoms with Gasteiger partial charge in [0.05, 0.1) is 11.9 Å². The summed E-state index contributed by atoms with van der Waals surface area (Å²) in [6, 6.07) is 9.29. The molecule has 120 valence electrons. The first-order valence-corrected chi connectivity index (χ1v) is 7.91. The van der Waals surface area contributed by atoms with E-state index in [4.69, 9.17) is 16.3 Å². The molecule has 1 saturated heterocycles. The fourth-order valence-electron chi connectivity index (χ4n) is 2.42. The summed E-state index contributed by atoms with van der Waals surface area (Å²) in [5.41, 5.74) is 2.84. The molecular formula is C17H18ClN3O2. The summed E-state index contributed by atoms with van der Waals surface area (Å²) in [5, 5.41) is 6.71. The van der Waals surface area contributed by atoms with Crippen molar-refractivity contribution in [2.75, 3.05) is 17.2 Å². The molecule has 1 aromatic carbocycles. The maximum Gasteiger partial charge on any atom is 0.254 e. The lowest BCUT2D eigenvalue weighted by molar-refractivity contribution is -0.124. The Labute approximate surface area is 140 Å². The second kappa shape index (κ2) is 6.98. The van der Waals surface area contributed by atoms with Gasteiger partial charge < -0.3 is 15.4 Å². The van der Waals surface area contributed by atoms with Gasteiger partial charge in [-0.3, -0.25) is 4.79 Å². The number of halogens is 1. The highest BCUT2D eigenvalue weighted by Crippen LogP contribution is 2.24. The summed E-state index contributed by atoms with van der Waals surface area (Å²) < 4.78 is 5.35. The smallest absolute Gasteiger partial charge is 0.254 e. The molecule has 2 heterocycles. The van der Waals surface area contributed by atoms with Crippen LogP contribution in [0.5, 0.6) is 0 Å². The zero-order valence-electron chi connectivity index (χ0n) is 12.8. The van der Waals surface area contributed by atoms with Crippen molar-refractivity contribution in [2.45, 2.75) is 25.9 Å². The molecule has 1 atom stereocenters. The first-order chi connectivity index (χ1) is 11.1. The summed E-state index contributed by atoms with van der Waals surface area (Å²) in [4.78, 5) is 16.2. The van der Waals surface area contributed by atoms with Gasteiger partial charge in [-0.1, -0.05) is 17.7 Å². The van der Waals surface area contributed by atoms with Gasteiger partial charge in [-0.05, 0) is 49.6 Å². The highest BCUT2D eigenvalue weighted by molar-refractivity contribution is 6.30. The van der Waals surface area contributed by atoms with E-state index in [1.54, 1.807) is 12.3 Å². The van der Waals surface area contributed by atoms with Crippen molar-refractivity contribution in [1.29, 1.82) is 0 Å². The minimum absolute atomic E-state index is 0.138. The summed E-state index contributed by atoms with van der Waals surface area (Å²) in [5.74, 6) is 0.375. The van der Waals surface area contributed by atoms with Crippen LogP contribution in [0.1, 0.15) is 18.4 Å². The number of aromatic nitrogens is 1. The number of benzene rings is 1. The number of hydrogen-bond donors (Lipinski definition) is 2. The molecule has 1 aromatic heterocycles. The van der Waals surface area contributed by atoms with Crippen LogP contribution in [0.25, 0.3) is 0 Å². The number of pyridine rings is 1. The van der Waals surface area contributed by atoms with Crippen molar-refractivity contribution in [1.82, 2.24) is 4.98 Å². The number of hydrogen-bond acceptors (Lipinski definition) is 4. The van der Waals surface area contributed by atoms with Crippen molar-refractivity contribution >= 4 is 34.7 Å². The minimum Gasteiger partial charge on any atom is -0.368 e. The van der Waals surface area contributed by atoms with Crippen molar-refractivity contribution in [3.8, 4) is 0 Å². The largest absolute Gasteiger partial charge is 0.368 e. The Hall–Kier alpha value is -2.11. The third-order valence-electron chi connectivity index (χ3n) is 3.72. The van der Waals surface area contributed by atoms with Gasteiger partial charge in [-0.25, -0.2) is 4.98 Å². The van der Waals surface area contributed by atoms with Crippen LogP contribution in [-0.2, 0) is 9.53 Å². The number of carbonyl (C=O) groups is 1. The maximum absolute atomic E-state index is 12.0. The molecule has 0 bridgehead atoms. The number of aryl methyl sites for hydroxylation is 1. The average molecular weight is 332 g/mol. The number of nitrogens with zero attached hydrogens (tertiary/aromatic N) is 1. The molecule has 1 aliphatic rings. The maximum atomic E-state index is 12.0. The Bertz CT molecular complexity index is 697. The fourth-order valence-corrected chi connectivity index (χ4v) is 2.59. The van der Waals surface area contributed by atoms with Crippen LogP contribution < -0.4 is 10.6 Å². The van der Waals surface area contributed by atoms with Gasteiger partial charge in [0.2, 0.25) is 0 Å². The summed E-state index contributed by atoms with van der Waals surface area (Å²) in [6.07, 6.45) is 3.00. The van der Waals surface area contributed by atoms with E-state index in [0.717, 1.165) is 29.8 Å². The molecule has 2 aromatic rings. The van der Waals surface area contributed by atoms with Crippen LogP contribution in [0.3, 0.4) is 0 Å². The number of nitrogens with one attached hydrogen (secondary N) is 2. The van der Waals surface area contributed by atoms with Crippen molar-refractivity contribution in [3.05, 3.63) is 47.1 Å². The second-order valence-corrected chi connectivity index (χ2v) is 5.94. The van der Waals surface area contributed by atoms with Crippen LogP contribution in [0, 0.1) is 6.92 Å². The topological polar surface area (TPSA) is 63.2 Å². The van der Waals surface area contributed by atoms with Crippen LogP contribution in [-0.4, -0.2) is 23.6 Å². The second-order valence-electron chi connectivity index (χ2n) is 5.51. The van der Waals surface area contributed by atoms with E-state index in [1.165, 1.54) is 0 Å². The third kappa shape index (κ3) is 4.00. The molecule has 2 N–H and O–H groups in total. The van der Waals surface area contributed by atoms with Gasteiger partial charge in [-0.2, -0.15) is 0 Å². The molecule has 0 spiro atoms. The Balaban J connectivity index is 1.64. The van der Waals surface area contributed by atoms with Crippen molar-refractivity contribution in [2.24, 2.45) is 0 Å². The monoisotopic (exact) mass is 331 g/mol. The lowest BCUT2D eigenvalue weighted by Crippen LogP contribution is -2.27. The van der Waals surface area contributed by atoms with Crippen LogP contribution in [0.15, 0.2) is 36.5 Å². The zero-order valence-corrected chi connectivity index (χ0v) is 13.6. The fraction of sp³-hybridized carbons (Fsp3) is 0.294. The molecule has 1 aliphatic heterocycles. The minimum atomic E-state index is -0.358. The highest BCUT2D eigenvalue weighted by atomic mass is 35.5. The zero-order chi connectivity index (χ0) is 16.2. The molecule has 0 saturated carbocycles. The molecule has 1 amide bonds. The van der Waals surface area contributed by atoms with Gasteiger partial charge in [0.1, 0.15) is 11.9 Å². The van der Waals surface area contributed by atoms with Crippen molar-refractivity contribution < 1.29 is 9.53 Å². The van der Waals surface area contributed by atoms with Crippen LogP contribution in [0.4, 0.5) is 17.2 Å². The first kappa shape index (κ1) is 15.8. The summed E-state index contributed by atoms with van der Waals surface area (Å²) in [6.45, 7) is 2.65. The van der Waals surface area contributed by atoms with E-state index in [0.29, 0.717) is 17.4 Å². The van der Waals surface area contributed by atoms with E-state index < -0.39 is 0 Å². The summed E-state index contributed by atoms with van der Waals surface area (Å²) >= 11 is 6.01. The van der Waals surface area contributed by atoms with E-state index >= 15 is 0 Å². The SMILES string of the molecule is Cc1ccc(Cl)cc1Nc1ccc(NC(=O)C2CCCO2)nc1. The van der Waals surface area contributed by atoms with Crippen molar-refractivity contribution in [3.63, 3.8) is 0 Å². The third-order valence-corrected chi connectivity index (χ3v) is 3.95. The normalized spacial score (nSPS) is 17.0. The molecule has 23 heavy (non-hydrogen) atoms.